The van der Waals surface area contributed by atoms with Crippen molar-refractivity contribution in [2.75, 3.05) is 12.0 Å². The highest BCUT2D eigenvalue weighted by Crippen LogP contribution is 2.41. The Hall–Kier alpha value is -3.52. The maximum Gasteiger partial charge on any atom is 0.271 e. The summed E-state index contributed by atoms with van der Waals surface area (Å²) in [6.45, 7) is 0.286. The number of para-hydroxylation sites is 2. The number of methoxy groups -OCH3 is 1. The number of halogens is 2. The number of anilines is 1. The molecule has 0 radical (unpaired) electrons. The molecule has 0 aromatic heterocycles. The summed E-state index contributed by atoms with van der Waals surface area (Å²) in [7, 11) is 1.58. The second-order valence-corrected chi connectivity index (χ2v) is 10.5. The maximum absolute atomic E-state index is 13.6. The van der Waals surface area contributed by atoms with Gasteiger partial charge in [-0.1, -0.05) is 66.2 Å². The van der Waals surface area contributed by atoms with Gasteiger partial charge in [0, 0.05) is 10.6 Å². The van der Waals surface area contributed by atoms with E-state index < -0.39 is 0 Å². The quantitative estimate of drug-likeness (QED) is 0.198. The number of aliphatic imine (C=N–C) groups is 1. The number of amidine groups is 1. The van der Waals surface area contributed by atoms with E-state index >= 15 is 0 Å². The van der Waals surface area contributed by atoms with Crippen molar-refractivity contribution in [3.63, 3.8) is 0 Å². The Kier molecular flexibility index (Phi) is 8.17. The summed E-state index contributed by atoms with van der Waals surface area (Å²) in [5.41, 5.74) is 3.18. The van der Waals surface area contributed by atoms with E-state index in [1.165, 1.54) is 11.8 Å². The molecule has 38 heavy (non-hydrogen) atoms. The van der Waals surface area contributed by atoms with Crippen molar-refractivity contribution in [1.82, 2.24) is 0 Å². The van der Waals surface area contributed by atoms with Gasteiger partial charge in [-0.25, -0.2) is 4.99 Å². The molecular formula is C30H22BrClN2O3S. The first kappa shape index (κ1) is 26.1. The molecule has 0 atom stereocenters. The zero-order valence-electron chi connectivity index (χ0n) is 20.3. The summed E-state index contributed by atoms with van der Waals surface area (Å²) in [5, 5.41) is 1.22. The van der Waals surface area contributed by atoms with Crippen LogP contribution in [0.5, 0.6) is 11.5 Å². The molecule has 5 rings (SSSR count). The summed E-state index contributed by atoms with van der Waals surface area (Å²) >= 11 is 11.2. The molecule has 0 N–H and O–H groups in total. The predicted molar refractivity (Wildman–Crippen MR) is 160 cm³/mol. The zero-order chi connectivity index (χ0) is 26.5. The number of rotatable bonds is 7. The van der Waals surface area contributed by atoms with Crippen molar-refractivity contribution in [3.8, 4) is 11.5 Å². The molecule has 1 saturated heterocycles. The third-order valence-electron chi connectivity index (χ3n) is 5.68. The van der Waals surface area contributed by atoms with E-state index in [4.69, 9.17) is 26.1 Å². The Balaban J connectivity index is 1.47. The van der Waals surface area contributed by atoms with Crippen LogP contribution in [0.4, 0.5) is 11.4 Å². The van der Waals surface area contributed by atoms with Crippen LogP contribution >= 0.6 is 39.3 Å². The third kappa shape index (κ3) is 5.80. The van der Waals surface area contributed by atoms with Gasteiger partial charge in [0.05, 0.1) is 27.9 Å². The standard InChI is InChI=1S/C30H22BrClN2O3S/c1-36-26-17-20(16-24(31)28(26)37-19-21-10-8-9-15-25(21)32)18-27-29(35)34(23-13-6-3-7-14-23)30(38-27)33-22-11-4-2-5-12-22/h2-18H,19H2,1H3/b27-18-,33-30?. The Morgan fingerprint density at radius 1 is 0.974 bits per heavy atom. The molecule has 0 aliphatic carbocycles. The molecule has 5 nitrogen and oxygen atoms in total. The number of hydrogen-bond acceptors (Lipinski definition) is 5. The van der Waals surface area contributed by atoms with Crippen LogP contribution in [0.3, 0.4) is 0 Å². The number of hydrogen-bond donors (Lipinski definition) is 0. The third-order valence-corrected chi connectivity index (χ3v) is 7.61. The number of amides is 1. The van der Waals surface area contributed by atoms with Gasteiger partial charge in [-0.15, -0.1) is 0 Å². The molecule has 190 valence electrons. The van der Waals surface area contributed by atoms with Gasteiger partial charge in [-0.2, -0.15) is 0 Å². The van der Waals surface area contributed by atoms with Gasteiger partial charge in [0.25, 0.3) is 5.91 Å². The van der Waals surface area contributed by atoms with Gasteiger partial charge in [-0.3, -0.25) is 9.69 Å². The molecule has 4 aromatic rings. The predicted octanol–water partition coefficient (Wildman–Crippen LogP) is 8.50. The van der Waals surface area contributed by atoms with Crippen LogP contribution in [0.2, 0.25) is 5.02 Å². The van der Waals surface area contributed by atoms with Crippen molar-refractivity contribution >= 4 is 67.8 Å². The van der Waals surface area contributed by atoms with Gasteiger partial charge < -0.3 is 9.47 Å². The molecule has 1 aliphatic heterocycles. The number of nitrogens with zero attached hydrogens (tertiary/aromatic N) is 2. The van der Waals surface area contributed by atoms with E-state index in [0.29, 0.717) is 31.1 Å². The van der Waals surface area contributed by atoms with Crippen LogP contribution in [-0.4, -0.2) is 18.2 Å². The van der Waals surface area contributed by atoms with E-state index in [0.717, 1.165) is 22.5 Å². The van der Waals surface area contributed by atoms with Crippen molar-refractivity contribution in [2.24, 2.45) is 4.99 Å². The summed E-state index contributed by atoms with van der Waals surface area (Å²) in [6, 6.07) is 30.4. The number of carbonyl (C=O) groups excluding carboxylic acids is 1. The number of ether oxygens (including phenoxy) is 2. The average molecular weight is 606 g/mol. The van der Waals surface area contributed by atoms with Crippen molar-refractivity contribution in [2.45, 2.75) is 6.61 Å². The lowest BCUT2D eigenvalue weighted by Gasteiger charge is -2.15. The molecule has 0 bridgehead atoms. The first-order chi connectivity index (χ1) is 18.5. The minimum atomic E-state index is -0.148. The first-order valence-electron chi connectivity index (χ1n) is 11.7. The van der Waals surface area contributed by atoms with E-state index in [1.807, 2.05) is 103 Å². The van der Waals surface area contributed by atoms with Crippen molar-refractivity contribution in [3.05, 3.63) is 123 Å². The Labute approximate surface area is 238 Å². The fourth-order valence-electron chi connectivity index (χ4n) is 3.85. The minimum Gasteiger partial charge on any atom is -0.493 e. The summed E-state index contributed by atoms with van der Waals surface area (Å²) < 4.78 is 12.4. The van der Waals surface area contributed by atoms with Crippen LogP contribution in [0.1, 0.15) is 11.1 Å². The fourth-order valence-corrected chi connectivity index (χ4v) is 5.61. The summed E-state index contributed by atoms with van der Waals surface area (Å²) in [5.74, 6) is 0.939. The molecule has 1 fully saturated rings. The van der Waals surface area contributed by atoms with Crippen LogP contribution in [-0.2, 0) is 11.4 Å². The monoisotopic (exact) mass is 604 g/mol. The normalized spacial score (nSPS) is 15.3. The lowest BCUT2D eigenvalue weighted by molar-refractivity contribution is -0.113. The minimum absolute atomic E-state index is 0.148. The van der Waals surface area contributed by atoms with Crippen LogP contribution in [0.25, 0.3) is 6.08 Å². The van der Waals surface area contributed by atoms with Gasteiger partial charge in [-0.05, 0) is 81.8 Å². The summed E-state index contributed by atoms with van der Waals surface area (Å²) in [4.78, 5) is 20.5. The topological polar surface area (TPSA) is 51.1 Å². The number of thioether (sulfide) groups is 1. The Bertz CT molecular complexity index is 1530. The second-order valence-electron chi connectivity index (χ2n) is 8.23. The molecule has 0 spiro atoms. The van der Waals surface area contributed by atoms with E-state index in [-0.39, 0.29) is 12.5 Å². The van der Waals surface area contributed by atoms with E-state index in [2.05, 4.69) is 15.9 Å². The zero-order valence-corrected chi connectivity index (χ0v) is 23.5. The van der Waals surface area contributed by atoms with E-state index in [1.54, 1.807) is 12.0 Å². The molecule has 8 heteroatoms. The van der Waals surface area contributed by atoms with Gasteiger partial charge >= 0.3 is 0 Å². The van der Waals surface area contributed by atoms with Crippen molar-refractivity contribution in [1.29, 1.82) is 0 Å². The SMILES string of the molecule is COc1cc(/C=C2\SC(=Nc3ccccc3)N(c3ccccc3)C2=O)cc(Br)c1OCc1ccccc1Cl. The summed E-state index contributed by atoms with van der Waals surface area (Å²) in [6.07, 6.45) is 1.83. The smallest absolute Gasteiger partial charge is 0.271 e. The maximum atomic E-state index is 13.6. The lowest BCUT2D eigenvalue weighted by atomic mass is 10.1. The highest BCUT2D eigenvalue weighted by molar-refractivity contribution is 9.10. The van der Waals surface area contributed by atoms with Crippen LogP contribution < -0.4 is 14.4 Å². The van der Waals surface area contributed by atoms with Crippen LogP contribution in [0.15, 0.2) is 111 Å². The van der Waals surface area contributed by atoms with E-state index in [9.17, 15) is 4.79 Å². The molecule has 0 unspecified atom stereocenters. The molecule has 4 aromatic carbocycles. The van der Waals surface area contributed by atoms with Crippen LogP contribution in [0, 0.1) is 0 Å². The molecule has 1 heterocycles. The molecular weight excluding hydrogens is 584 g/mol. The fraction of sp³-hybridized carbons (Fsp3) is 0.0667. The Morgan fingerprint density at radius 2 is 1.66 bits per heavy atom. The second kappa shape index (κ2) is 11.9. The number of carbonyl (C=O) groups is 1. The van der Waals surface area contributed by atoms with Gasteiger partial charge in [0.1, 0.15) is 6.61 Å². The molecule has 1 aliphatic rings. The van der Waals surface area contributed by atoms with Gasteiger partial charge in [0.15, 0.2) is 16.7 Å². The Morgan fingerprint density at radius 3 is 2.37 bits per heavy atom. The average Bonchev–Trinajstić information content (AvgIpc) is 3.23. The van der Waals surface area contributed by atoms with Gasteiger partial charge in [0.2, 0.25) is 0 Å². The largest absolute Gasteiger partial charge is 0.493 e. The highest BCUT2D eigenvalue weighted by Gasteiger charge is 2.34. The highest BCUT2D eigenvalue weighted by atomic mass is 79.9. The number of benzene rings is 4. The first-order valence-corrected chi connectivity index (χ1v) is 13.7. The van der Waals surface area contributed by atoms with Crippen molar-refractivity contribution < 1.29 is 14.3 Å². The molecule has 1 amide bonds. The molecule has 0 saturated carbocycles. The lowest BCUT2D eigenvalue weighted by Crippen LogP contribution is -2.28.